The molecule has 23 heavy (non-hydrogen) atoms. The Bertz CT molecular complexity index is 779. The molecule has 0 aromatic heterocycles. The highest BCUT2D eigenvalue weighted by atomic mass is 35.5. The van der Waals surface area contributed by atoms with Crippen molar-refractivity contribution in [3.63, 3.8) is 0 Å². The Hall–Kier alpha value is -1.98. The molecule has 0 saturated carbocycles. The molecule has 1 aliphatic heterocycles. The SMILES string of the molecule is CN(Cc1cccc(Cl)c1)C(=O)c1ccc2c(c1)NC(=O)CS2. The van der Waals surface area contributed by atoms with Crippen molar-refractivity contribution in [3.8, 4) is 0 Å². The molecule has 0 saturated heterocycles. The van der Waals surface area contributed by atoms with E-state index in [2.05, 4.69) is 5.32 Å². The fourth-order valence-corrected chi connectivity index (χ4v) is 3.42. The van der Waals surface area contributed by atoms with Gasteiger partial charge in [-0.1, -0.05) is 23.7 Å². The van der Waals surface area contributed by atoms with Crippen LogP contribution in [0.4, 0.5) is 5.69 Å². The lowest BCUT2D eigenvalue weighted by molar-refractivity contribution is -0.113. The van der Waals surface area contributed by atoms with E-state index in [1.54, 1.807) is 30.1 Å². The molecule has 1 heterocycles. The fourth-order valence-electron chi connectivity index (χ4n) is 2.42. The second kappa shape index (κ2) is 6.64. The first-order valence-electron chi connectivity index (χ1n) is 7.09. The Labute approximate surface area is 143 Å². The molecular weight excluding hydrogens is 332 g/mol. The number of anilines is 1. The smallest absolute Gasteiger partial charge is 0.253 e. The summed E-state index contributed by atoms with van der Waals surface area (Å²) < 4.78 is 0. The number of hydrogen-bond donors (Lipinski definition) is 1. The lowest BCUT2D eigenvalue weighted by Crippen LogP contribution is -2.26. The van der Waals surface area contributed by atoms with Gasteiger partial charge in [-0.15, -0.1) is 11.8 Å². The van der Waals surface area contributed by atoms with Crippen LogP contribution in [-0.2, 0) is 11.3 Å². The summed E-state index contributed by atoms with van der Waals surface area (Å²) >= 11 is 7.45. The van der Waals surface area contributed by atoms with E-state index in [0.29, 0.717) is 28.6 Å². The minimum atomic E-state index is -0.0994. The van der Waals surface area contributed by atoms with E-state index in [9.17, 15) is 9.59 Å². The molecule has 1 N–H and O–H groups in total. The second-order valence-electron chi connectivity index (χ2n) is 5.34. The summed E-state index contributed by atoms with van der Waals surface area (Å²) in [5.74, 6) is 0.270. The standard InChI is InChI=1S/C17H15ClN2O2S/c1-20(9-11-3-2-4-13(18)7-11)17(22)12-5-6-15-14(8-12)19-16(21)10-23-15/h2-8H,9-10H2,1H3,(H,19,21). The summed E-state index contributed by atoms with van der Waals surface area (Å²) in [6.45, 7) is 0.470. The van der Waals surface area contributed by atoms with E-state index >= 15 is 0 Å². The normalized spacial score (nSPS) is 13.2. The molecule has 2 aromatic carbocycles. The largest absolute Gasteiger partial charge is 0.337 e. The topological polar surface area (TPSA) is 49.4 Å². The molecule has 0 spiro atoms. The molecule has 2 amide bonds. The molecule has 0 atom stereocenters. The molecule has 1 aliphatic rings. The van der Waals surface area contributed by atoms with Crippen LogP contribution in [0.25, 0.3) is 0 Å². The molecule has 6 heteroatoms. The summed E-state index contributed by atoms with van der Waals surface area (Å²) in [6.07, 6.45) is 0. The van der Waals surface area contributed by atoms with Gasteiger partial charge in [0, 0.05) is 29.1 Å². The average Bonchev–Trinajstić information content (AvgIpc) is 2.53. The molecule has 0 bridgehead atoms. The van der Waals surface area contributed by atoms with Crippen LogP contribution in [0.15, 0.2) is 47.4 Å². The van der Waals surface area contributed by atoms with Gasteiger partial charge >= 0.3 is 0 Å². The van der Waals surface area contributed by atoms with E-state index in [1.165, 1.54) is 11.8 Å². The number of halogens is 1. The lowest BCUT2D eigenvalue weighted by atomic mass is 10.1. The highest BCUT2D eigenvalue weighted by Crippen LogP contribution is 2.32. The highest BCUT2D eigenvalue weighted by Gasteiger charge is 2.19. The van der Waals surface area contributed by atoms with Gasteiger partial charge in [-0.2, -0.15) is 0 Å². The number of amides is 2. The number of nitrogens with zero attached hydrogens (tertiary/aromatic N) is 1. The molecule has 0 fully saturated rings. The fraction of sp³-hybridized carbons (Fsp3) is 0.176. The first-order valence-corrected chi connectivity index (χ1v) is 8.46. The Morgan fingerprint density at radius 2 is 2.13 bits per heavy atom. The van der Waals surface area contributed by atoms with E-state index in [4.69, 9.17) is 11.6 Å². The summed E-state index contributed by atoms with van der Waals surface area (Å²) in [6, 6.07) is 12.8. The summed E-state index contributed by atoms with van der Waals surface area (Å²) in [4.78, 5) is 26.7. The van der Waals surface area contributed by atoms with E-state index < -0.39 is 0 Å². The molecule has 2 aromatic rings. The molecule has 0 radical (unpaired) electrons. The van der Waals surface area contributed by atoms with Gasteiger partial charge in [-0.25, -0.2) is 0 Å². The first-order chi connectivity index (χ1) is 11.0. The second-order valence-corrected chi connectivity index (χ2v) is 6.79. The number of fused-ring (bicyclic) bond motifs is 1. The Morgan fingerprint density at radius 3 is 2.91 bits per heavy atom. The number of nitrogens with one attached hydrogen (secondary N) is 1. The quantitative estimate of drug-likeness (QED) is 0.922. The van der Waals surface area contributed by atoms with Crippen molar-refractivity contribution < 1.29 is 9.59 Å². The van der Waals surface area contributed by atoms with Crippen LogP contribution in [0.2, 0.25) is 5.02 Å². The van der Waals surface area contributed by atoms with Gasteiger partial charge in [0.2, 0.25) is 5.91 Å². The third-order valence-corrected chi connectivity index (χ3v) is 4.82. The van der Waals surface area contributed by atoms with Gasteiger partial charge in [0.05, 0.1) is 11.4 Å². The van der Waals surface area contributed by atoms with Crippen molar-refractivity contribution >= 4 is 40.9 Å². The van der Waals surface area contributed by atoms with Crippen molar-refractivity contribution in [2.75, 3.05) is 18.1 Å². The zero-order valence-electron chi connectivity index (χ0n) is 12.5. The van der Waals surface area contributed by atoms with Crippen molar-refractivity contribution in [1.82, 2.24) is 4.90 Å². The zero-order valence-corrected chi connectivity index (χ0v) is 14.1. The van der Waals surface area contributed by atoms with Gasteiger partial charge < -0.3 is 10.2 Å². The molecule has 0 aliphatic carbocycles. The minimum Gasteiger partial charge on any atom is -0.337 e. The van der Waals surface area contributed by atoms with Crippen LogP contribution < -0.4 is 5.32 Å². The summed E-state index contributed by atoms with van der Waals surface area (Å²) in [5.41, 5.74) is 2.22. The first kappa shape index (κ1) is 15.9. The maximum Gasteiger partial charge on any atom is 0.253 e. The number of thioether (sulfide) groups is 1. The van der Waals surface area contributed by atoms with Crippen molar-refractivity contribution in [2.45, 2.75) is 11.4 Å². The van der Waals surface area contributed by atoms with Crippen LogP contribution in [0.3, 0.4) is 0 Å². The predicted octanol–water partition coefficient (Wildman–Crippen LogP) is 3.66. The van der Waals surface area contributed by atoms with E-state index in [-0.39, 0.29) is 11.8 Å². The van der Waals surface area contributed by atoms with Gasteiger partial charge in [-0.3, -0.25) is 9.59 Å². The van der Waals surface area contributed by atoms with Gasteiger partial charge in [0.1, 0.15) is 0 Å². The minimum absolute atomic E-state index is 0.0422. The number of rotatable bonds is 3. The van der Waals surface area contributed by atoms with Gasteiger partial charge in [0.15, 0.2) is 0 Å². The number of hydrogen-bond acceptors (Lipinski definition) is 3. The summed E-state index contributed by atoms with van der Waals surface area (Å²) in [5, 5.41) is 3.45. The van der Waals surface area contributed by atoms with Gasteiger partial charge in [-0.05, 0) is 35.9 Å². The third-order valence-electron chi connectivity index (χ3n) is 3.51. The monoisotopic (exact) mass is 346 g/mol. The maximum absolute atomic E-state index is 12.6. The van der Waals surface area contributed by atoms with Crippen molar-refractivity contribution in [1.29, 1.82) is 0 Å². The molecule has 4 nitrogen and oxygen atoms in total. The van der Waals surface area contributed by atoms with Crippen LogP contribution in [0, 0.1) is 0 Å². The Morgan fingerprint density at radius 1 is 1.30 bits per heavy atom. The maximum atomic E-state index is 12.6. The number of benzene rings is 2. The third kappa shape index (κ3) is 3.68. The average molecular weight is 347 g/mol. The van der Waals surface area contributed by atoms with Crippen LogP contribution >= 0.6 is 23.4 Å². The van der Waals surface area contributed by atoms with Crippen molar-refractivity contribution in [2.24, 2.45) is 0 Å². The molecule has 0 unspecified atom stereocenters. The van der Waals surface area contributed by atoms with Crippen LogP contribution in [-0.4, -0.2) is 29.5 Å². The number of carbonyl (C=O) groups excluding carboxylic acids is 2. The predicted molar refractivity (Wildman–Crippen MR) is 93.0 cm³/mol. The zero-order chi connectivity index (χ0) is 16.4. The summed E-state index contributed by atoms with van der Waals surface area (Å²) in [7, 11) is 1.75. The molecule has 3 rings (SSSR count). The molecular formula is C17H15ClN2O2S. The van der Waals surface area contributed by atoms with Crippen LogP contribution in [0.5, 0.6) is 0 Å². The van der Waals surface area contributed by atoms with Crippen LogP contribution in [0.1, 0.15) is 15.9 Å². The van der Waals surface area contributed by atoms with E-state index in [0.717, 1.165) is 10.5 Å². The Balaban J connectivity index is 1.77. The molecule has 118 valence electrons. The number of carbonyl (C=O) groups is 2. The van der Waals surface area contributed by atoms with E-state index in [1.807, 2.05) is 24.3 Å². The van der Waals surface area contributed by atoms with Crippen molar-refractivity contribution in [3.05, 3.63) is 58.6 Å². The Kier molecular flexibility index (Phi) is 4.59. The van der Waals surface area contributed by atoms with Gasteiger partial charge in [0.25, 0.3) is 5.91 Å². The highest BCUT2D eigenvalue weighted by molar-refractivity contribution is 8.00. The lowest BCUT2D eigenvalue weighted by Gasteiger charge is -2.20.